The van der Waals surface area contributed by atoms with E-state index in [1.165, 1.54) is 13.8 Å². The van der Waals surface area contributed by atoms with E-state index in [0.29, 0.717) is 6.42 Å². The molecule has 0 bridgehead atoms. The molecule has 8 amide bonds. The molecule has 410 valence electrons. The van der Waals surface area contributed by atoms with Crippen molar-refractivity contribution in [3.8, 4) is 0 Å². The number of amides is 8. The molecular weight excluding hydrogens is 957 g/mol. The lowest BCUT2D eigenvalue weighted by Crippen LogP contribution is -2.62. The number of carbonyl (C=O) groups is 11. The zero-order chi connectivity index (χ0) is 55.7. The molecule has 0 radical (unpaired) electrons. The van der Waals surface area contributed by atoms with Crippen LogP contribution in [0.5, 0.6) is 0 Å². The molecule has 0 heterocycles. The Bertz CT molecular complexity index is 1910. The van der Waals surface area contributed by atoms with Crippen molar-refractivity contribution in [3.05, 3.63) is 0 Å². The second kappa shape index (κ2) is 32.3. The molecule has 0 aromatic rings. The normalized spacial score (nSPS) is 16.2. The van der Waals surface area contributed by atoms with Gasteiger partial charge in [-0.25, -0.2) is 4.79 Å². The Kier molecular flexibility index (Phi) is 29.3. The Hall–Kier alpha value is -6.72. The molecule has 12 atom stereocenters. The molecule has 0 aliphatic heterocycles. The van der Waals surface area contributed by atoms with Gasteiger partial charge in [0.15, 0.2) is 12.0 Å². The zero-order valence-electron chi connectivity index (χ0n) is 41.8. The first-order valence-electron chi connectivity index (χ1n) is 23.3. The lowest BCUT2D eigenvalue weighted by molar-refractivity contribution is -0.145. The van der Waals surface area contributed by atoms with E-state index in [0.717, 1.165) is 13.8 Å². The third-order valence-electron chi connectivity index (χ3n) is 10.9. The summed E-state index contributed by atoms with van der Waals surface area (Å²) < 4.78 is 0. The van der Waals surface area contributed by atoms with Crippen molar-refractivity contribution < 1.29 is 83.4 Å². The number of carbonyl (C=O) groups excluding carboxylic acids is 8. The monoisotopic (exact) mass is 1030 g/mol. The molecule has 0 spiro atoms. The van der Waals surface area contributed by atoms with E-state index in [2.05, 4.69) is 47.5 Å². The molecule has 0 aliphatic rings. The van der Waals surface area contributed by atoms with Crippen LogP contribution >= 0.6 is 0 Å². The SMILES string of the molecule is CC[C@H](C)[C@H](NC(=O)[C@@H](N)CC(=O)O)C(=O)N[C@@H](CO)C(=O)N[C@@H](CC(C)C)C(=O)N[C@H](C(=O)N[C@@H](CCC(=O)O)C(=O)N[C@@H](CCCN=C(N)N)C(=O)N[C@H](C(=O)N[C@H](C(=O)O)[C@@H](C)O)C(C)C)[C@@H](C)O. The van der Waals surface area contributed by atoms with Gasteiger partial charge in [-0.05, 0) is 57.3 Å². The first kappa shape index (κ1) is 65.3. The second-order valence-electron chi connectivity index (χ2n) is 18.0. The van der Waals surface area contributed by atoms with Crippen LogP contribution in [0.4, 0.5) is 0 Å². The first-order chi connectivity index (χ1) is 33.4. The third kappa shape index (κ3) is 23.9. The Labute approximate surface area is 416 Å². The summed E-state index contributed by atoms with van der Waals surface area (Å²) in [6.45, 7) is 10.7. The number of nitrogens with two attached hydrogens (primary N) is 3. The van der Waals surface area contributed by atoms with Crippen molar-refractivity contribution in [1.29, 1.82) is 0 Å². The molecular formula is C43H76N12O17. The maximum absolute atomic E-state index is 13.9. The summed E-state index contributed by atoms with van der Waals surface area (Å²) in [4.78, 5) is 146. The summed E-state index contributed by atoms with van der Waals surface area (Å²) >= 11 is 0. The molecule has 0 unspecified atom stereocenters. The molecule has 29 nitrogen and oxygen atoms in total. The highest BCUT2D eigenvalue weighted by Gasteiger charge is 2.38. The Morgan fingerprint density at radius 1 is 0.528 bits per heavy atom. The number of aliphatic hydroxyl groups is 3. The van der Waals surface area contributed by atoms with Crippen LogP contribution in [0.3, 0.4) is 0 Å². The van der Waals surface area contributed by atoms with E-state index in [9.17, 15) is 78.3 Å². The number of carboxylic acids is 3. The summed E-state index contributed by atoms with van der Waals surface area (Å²) in [5, 5.41) is 77.3. The zero-order valence-corrected chi connectivity index (χ0v) is 41.8. The van der Waals surface area contributed by atoms with Gasteiger partial charge in [0.1, 0.15) is 42.3 Å². The van der Waals surface area contributed by atoms with Gasteiger partial charge in [-0.15, -0.1) is 0 Å². The Morgan fingerprint density at radius 2 is 0.958 bits per heavy atom. The van der Waals surface area contributed by atoms with Gasteiger partial charge in [-0.3, -0.25) is 52.9 Å². The molecule has 0 aromatic heterocycles. The maximum Gasteiger partial charge on any atom is 0.328 e. The second-order valence-corrected chi connectivity index (χ2v) is 18.0. The highest BCUT2D eigenvalue weighted by molar-refractivity contribution is 5.98. The van der Waals surface area contributed by atoms with Crippen LogP contribution in [0.2, 0.25) is 0 Å². The highest BCUT2D eigenvalue weighted by atomic mass is 16.4. The summed E-state index contributed by atoms with van der Waals surface area (Å²) in [7, 11) is 0. The van der Waals surface area contributed by atoms with Crippen LogP contribution < -0.4 is 59.7 Å². The largest absolute Gasteiger partial charge is 0.481 e. The number of nitrogens with zero attached hydrogens (tertiary/aromatic N) is 1. The third-order valence-corrected chi connectivity index (χ3v) is 10.9. The van der Waals surface area contributed by atoms with Crippen molar-refractivity contribution >= 4 is 71.1 Å². The highest BCUT2D eigenvalue weighted by Crippen LogP contribution is 2.12. The number of aliphatic imine (C=N–C) groups is 1. The van der Waals surface area contributed by atoms with Gasteiger partial charge in [0.2, 0.25) is 47.3 Å². The Morgan fingerprint density at radius 3 is 1.43 bits per heavy atom. The molecule has 0 rings (SSSR count). The molecule has 0 aliphatic carbocycles. The van der Waals surface area contributed by atoms with E-state index < -0.39 is 169 Å². The van der Waals surface area contributed by atoms with Gasteiger partial charge in [0.05, 0.1) is 31.3 Å². The molecule has 0 fully saturated rings. The van der Waals surface area contributed by atoms with Gasteiger partial charge in [0, 0.05) is 13.0 Å². The fourth-order valence-electron chi connectivity index (χ4n) is 6.60. The van der Waals surface area contributed by atoms with Gasteiger partial charge >= 0.3 is 17.9 Å². The van der Waals surface area contributed by atoms with Crippen LogP contribution in [0.1, 0.15) is 100 Å². The van der Waals surface area contributed by atoms with Crippen LogP contribution in [-0.4, -0.2) is 182 Å². The number of aliphatic hydroxyl groups excluding tert-OH is 3. The summed E-state index contributed by atoms with van der Waals surface area (Å²) in [5.41, 5.74) is 16.4. The number of aliphatic carboxylic acids is 3. The molecule has 20 N–H and O–H groups in total. The predicted octanol–water partition coefficient (Wildman–Crippen LogP) is -5.83. The van der Waals surface area contributed by atoms with E-state index in [4.69, 9.17) is 22.3 Å². The minimum Gasteiger partial charge on any atom is -0.481 e. The predicted molar refractivity (Wildman–Crippen MR) is 254 cm³/mol. The van der Waals surface area contributed by atoms with E-state index in [1.54, 1.807) is 27.7 Å². The average Bonchev–Trinajstić information content (AvgIpc) is 3.27. The summed E-state index contributed by atoms with van der Waals surface area (Å²) in [6.07, 6.45) is -5.36. The average molecular weight is 1030 g/mol. The number of guanidine groups is 1. The number of hydrogen-bond donors (Lipinski definition) is 17. The van der Waals surface area contributed by atoms with Crippen LogP contribution in [0, 0.1) is 17.8 Å². The molecule has 29 heteroatoms. The smallest absolute Gasteiger partial charge is 0.328 e. The fourth-order valence-corrected chi connectivity index (χ4v) is 6.60. The number of rotatable bonds is 34. The van der Waals surface area contributed by atoms with Crippen molar-refractivity contribution in [1.82, 2.24) is 42.5 Å². The number of carboxylic acid groups (broad SMARTS) is 3. The number of nitrogens with one attached hydrogen (secondary N) is 8. The van der Waals surface area contributed by atoms with E-state index in [1.807, 2.05) is 0 Å². The first-order valence-corrected chi connectivity index (χ1v) is 23.3. The lowest BCUT2D eigenvalue weighted by Gasteiger charge is -2.29. The van der Waals surface area contributed by atoms with Crippen molar-refractivity contribution in [2.24, 2.45) is 39.9 Å². The van der Waals surface area contributed by atoms with Gasteiger partial charge < -0.3 is 90.4 Å². The minimum absolute atomic E-state index is 0.0296. The van der Waals surface area contributed by atoms with Crippen LogP contribution in [0.15, 0.2) is 4.99 Å². The fraction of sp³-hybridized carbons (Fsp3) is 0.721. The number of hydrogen-bond acceptors (Lipinski definition) is 16. The minimum atomic E-state index is -1.90. The Balaban J connectivity index is 6.65. The van der Waals surface area contributed by atoms with Crippen LogP contribution in [-0.2, 0) is 52.7 Å². The maximum atomic E-state index is 13.9. The van der Waals surface area contributed by atoms with Gasteiger partial charge in [0.25, 0.3) is 0 Å². The quantitative estimate of drug-likeness (QED) is 0.0162. The standard InChI is InChI=1S/C43H76N12O17/c1-9-20(6)31(53-34(63)23(44)16-29(61)62)40(69)51-27(17-56)38(67)50-26(15-18(2)3)37(66)54-32(21(7)57)41(70)49-25(12-13-28(59)60)35(64)48-24(11-10-14-47-43(45)46)36(65)52-30(19(4)5)39(68)55-33(22(8)58)42(71)72/h18-27,30-33,56-58H,9-17,44H2,1-8H3,(H,48,64)(H,49,70)(H,50,67)(H,51,69)(H,52,65)(H,53,63)(H,54,66)(H,55,68)(H,59,60)(H,61,62)(H,71,72)(H4,45,46,47)/t20-,21+,22+,23-,24-,25-,26-,27-,30-,31-,32-,33-/m0/s1. The summed E-state index contributed by atoms with van der Waals surface area (Å²) in [6, 6.07) is -14.5. The lowest BCUT2D eigenvalue weighted by atomic mass is 9.97. The molecule has 72 heavy (non-hydrogen) atoms. The van der Waals surface area contributed by atoms with Crippen molar-refractivity contribution in [2.45, 2.75) is 167 Å². The topological polar surface area (TPSA) is 496 Å². The van der Waals surface area contributed by atoms with Crippen molar-refractivity contribution in [2.75, 3.05) is 13.2 Å². The molecule has 0 saturated carbocycles. The van der Waals surface area contributed by atoms with Gasteiger partial charge in [-0.1, -0.05) is 48.0 Å². The molecule has 0 aromatic carbocycles. The summed E-state index contributed by atoms with van der Waals surface area (Å²) in [5.74, 6) is -14.8. The van der Waals surface area contributed by atoms with Crippen molar-refractivity contribution in [3.63, 3.8) is 0 Å². The van der Waals surface area contributed by atoms with Crippen LogP contribution in [0.25, 0.3) is 0 Å². The van der Waals surface area contributed by atoms with E-state index in [-0.39, 0.29) is 37.7 Å². The molecule has 0 saturated heterocycles. The van der Waals surface area contributed by atoms with Gasteiger partial charge in [-0.2, -0.15) is 0 Å². The van der Waals surface area contributed by atoms with E-state index >= 15 is 0 Å².